The van der Waals surface area contributed by atoms with Gasteiger partial charge in [-0.25, -0.2) is 4.52 Å². The highest BCUT2D eigenvalue weighted by molar-refractivity contribution is 6.01. The molecule has 3 heterocycles. The molecule has 166 valence electrons. The maximum atomic E-state index is 13.1. The van der Waals surface area contributed by atoms with Gasteiger partial charge in [0.25, 0.3) is 5.91 Å². The minimum atomic E-state index is -3.10. The molecular weight excluding hydrogens is 420 g/mol. The highest BCUT2D eigenvalue weighted by Gasteiger charge is 2.23. The summed E-state index contributed by atoms with van der Waals surface area (Å²) >= 11 is 0. The number of methoxy groups -OCH3 is 1. The summed E-state index contributed by atoms with van der Waals surface area (Å²) in [5, 5.41) is 11.2. The first-order valence-corrected chi connectivity index (χ1v) is 9.83. The Hall–Kier alpha value is -3.95. The average molecular weight is 441 g/mol. The fraction of sp³-hybridized carbons (Fsp3) is 0.227. The van der Waals surface area contributed by atoms with Gasteiger partial charge in [-0.1, -0.05) is 6.07 Å². The van der Waals surface area contributed by atoms with E-state index in [1.165, 1.54) is 13.2 Å². The number of ether oxygens (including phenoxy) is 2. The first-order chi connectivity index (χ1) is 15.4. The van der Waals surface area contributed by atoms with Gasteiger partial charge in [0, 0.05) is 42.7 Å². The van der Waals surface area contributed by atoms with Crippen molar-refractivity contribution in [2.45, 2.75) is 13.5 Å². The van der Waals surface area contributed by atoms with E-state index in [2.05, 4.69) is 20.3 Å². The molecule has 4 aromatic rings. The number of aryl methyl sites for hydroxylation is 1. The van der Waals surface area contributed by atoms with E-state index in [1.54, 1.807) is 34.6 Å². The molecule has 0 radical (unpaired) electrons. The fourth-order valence-electron chi connectivity index (χ4n) is 3.52. The minimum absolute atomic E-state index is 0.0891. The SMILES string of the molecule is CCNC(=O)c1c(OC)cc(-c2cnn3cc(-c4cnn(C)c4)ccc23)cc1OC(F)F. The van der Waals surface area contributed by atoms with Gasteiger partial charge in [-0.05, 0) is 30.7 Å². The van der Waals surface area contributed by atoms with Crippen LogP contribution in [0.15, 0.2) is 49.1 Å². The van der Waals surface area contributed by atoms with Crippen molar-refractivity contribution in [3.05, 3.63) is 54.6 Å². The summed E-state index contributed by atoms with van der Waals surface area (Å²) in [5.74, 6) is -0.713. The van der Waals surface area contributed by atoms with E-state index in [0.29, 0.717) is 17.7 Å². The molecule has 32 heavy (non-hydrogen) atoms. The zero-order chi connectivity index (χ0) is 22.8. The molecule has 0 saturated heterocycles. The molecule has 1 N–H and O–H groups in total. The lowest BCUT2D eigenvalue weighted by Gasteiger charge is -2.16. The molecule has 0 aliphatic rings. The maximum Gasteiger partial charge on any atom is 0.387 e. The molecule has 1 aromatic carbocycles. The molecule has 0 atom stereocenters. The Morgan fingerprint density at radius 2 is 1.88 bits per heavy atom. The van der Waals surface area contributed by atoms with Crippen LogP contribution in [0, 0.1) is 0 Å². The molecule has 0 unspecified atom stereocenters. The number of benzene rings is 1. The number of hydrogen-bond acceptors (Lipinski definition) is 5. The van der Waals surface area contributed by atoms with Crippen LogP contribution in [0.4, 0.5) is 8.78 Å². The topological polar surface area (TPSA) is 82.7 Å². The molecule has 10 heteroatoms. The van der Waals surface area contributed by atoms with E-state index in [1.807, 2.05) is 31.6 Å². The summed E-state index contributed by atoms with van der Waals surface area (Å²) in [6, 6.07) is 6.80. The highest BCUT2D eigenvalue weighted by atomic mass is 19.3. The number of hydrogen-bond donors (Lipinski definition) is 1. The number of rotatable bonds is 7. The van der Waals surface area contributed by atoms with E-state index >= 15 is 0 Å². The average Bonchev–Trinajstić information content (AvgIpc) is 3.38. The van der Waals surface area contributed by atoms with Crippen molar-refractivity contribution in [3.63, 3.8) is 0 Å². The van der Waals surface area contributed by atoms with Crippen molar-refractivity contribution >= 4 is 11.4 Å². The Morgan fingerprint density at radius 1 is 1.09 bits per heavy atom. The lowest BCUT2D eigenvalue weighted by atomic mass is 10.0. The van der Waals surface area contributed by atoms with Gasteiger partial charge in [0.2, 0.25) is 0 Å². The Kier molecular flexibility index (Phi) is 5.76. The smallest absolute Gasteiger partial charge is 0.387 e. The zero-order valence-electron chi connectivity index (χ0n) is 17.7. The summed E-state index contributed by atoms with van der Waals surface area (Å²) in [5.41, 5.74) is 3.71. The van der Waals surface area contributed by atoms with Crippen molar-refractivity contribution in [2.75, 3.05) is 13.7 Å². The predicted octanol–water partition coefficient (Wildman–Crippen LogP) is 3.76. The predicted molar refractivity (Wildman–Crippen MR) is 114 cm³/mol. The maximum absolute atomic E-state index is 13.1. The van der Waals surface area contributed by atoms with E-state index in [4.69, 9.17) is 4.74 Å². The Labute approximate surface area is 182 Å². The molecule has 0 aliphatic heterocycles. The number of nitrogens with zero attached hydrogens (tertiary/aromatic N) is 4. The molecule has 1 amide bonds. The van der Waals surface area contributed by atoms with Crippen LogP contribution < -0.4 is 14.8 Å². The molecule has 0 fully saturated rings. The summed E-state index contributed by atoms with van der Waals surface area (Å²) in [4.78, 5) is 12.5. The van der Waals surface area contributed by atoms with Crippen LogP contribution in [0.3, 0.4) is 0 Å². The van der Waals surface area contributed by atoms with Crippen LogP contribution in [-0.4, -0.2) is 45.6 Å². The third kappa shape index (κ3) is 3.98. The van der Waals surface area contributed by atoms with Gasteiger partial charge in [-0.3, -0.25) is 9.48 Å². The van der Waals surface area contributed by atoms with Crippen LogP contribution in [0.1, 0.15) is 17.3 Å². The minimum Gasteiger partial charge on any atom is -0.496 e. The van der Waals surface area contributed by atoms with Crippen LogP contribution in [0.5, 0.6) is 11.5 Å². The first-order valence-electron chi connectivity index (χ1n) is 9.83. The normalized spacial score (nSPS) is 11.2. The van der Waals surface area contributed by atoms with Crippen LogP contribution in [0.2, 0.25) is 0 Å². The van der Waals surface area contributed by atoms with Crippen LogP contribution in [-0.2, 0) is 7.05 Å². The molecule has 4 rings (SSSR count). The van der Waals surface area contributed by atoms with Crippen molar-refractivity contribution < 1.29 is 23.0 Å². The summed E-state index contributed by atoms with van der Waals surface area (Å²) < 4.78 is 39.6. The number of alkyl halides is 2. The molecule has 0 bridgehead atoms. The van der Waals surface area contributed by atoms with Crippen LogP contribution >= 0.6 is 0 Å². The summed E-state index contributed by atoms with van der Waals surface area (Å²) in [7, 11) is 3.20. The van der Waals surface area contributed by atoms with E-state index < -0.39 is 12.5 Å². The first kappa shape index (κ1) is 21.3. The molecule has 3 aromatic heterocycles. The van der Waals surface area contributed by atoms with E-state index in [0.717, 1.165) is 16.6 Å². The number of halogens is 2. The number of nitrogens with one attached hydrogen (secondary N) is 1. The molecule has 0 saturated carbocycles. The third-order valence-electron chi connectivity index (χ3n) is 4.93. The van der Waals surface area contributed by atoms with Gasteiger partial charge < -0.3 is 14.8 Å². The lowest BCUT2D eigenvalue weighted by molar-refractivity contribution is -0.0502. The zero-order valence-corrected chi connectivity index (χ0v) is 17.7. The monoisotopic (exact) mass is 441 g/mol. The second kappa shape index (κ2) is 8.66. The number of fused-ring (bicyclic) bond motifs is 1. The number of carbonyl (C=O) groups is 1. The number of carbonyl (C=O) groups excluding carboxylic acids is 1. The number of pyridine rings is 1. The van der Waals surface area contributed by atoms with Gasteiger partial charge >= 0.3 is 6.61 Å². The van der Waals surface area contributed by atoms with Crippen molar-refractivity contribution in [3.8, 4) is 33.8 Å². The van der Waals surface area contributed by atoms with Crippen molar-refractivity contribution in [1.29, 1.82) is 0 Å². The van der Waals surface area contributed by atoms with Gasteiger partial charge in [-0.15, -0.1) is 0 Å². The lowest BCUT2D eigenvalue weighted by Crippen LogP contribution is -2.24. The molecule has 0 spiro atoms. The van der Waals surface area contributed by atoms with Crippen molar-refractivity contribution in [1.82, 2.24) is 24.7 Å². The standard InChI is InChI=1S/C22H21F2N5O3/c1-4-25-21(30)20-18(31-3)7-14(8-19(20)32-22(23)24)16-10-27-29-12-13(5-6-17(16)29)15-9-26-28(2)11-15/h5-12,22H,4H2,1-3H3,(H,25,30). The van der Waals surface area contributed by atoms with Crippen molar-refractivity contribution in [2.24, 2.45) is 7.05 Å². The number of amides is 1. The highest BCUT2D eigenvalue weighted by Crippen LogP contribution is 2.37. The van der Waals surface area contributed by atoms with Gasteiger partial charge in [0.15, 0.2) is 0 Å². The summed E-state index contributed by atoms with van der Waals surface area (Å²) in [6.45, 7) is -1.05. The Morgan fingerprint density at radius 3 is 2.53 bits per heavy atom. The second-order valence-electron chi connectivity index (χ2n) is 7.00. The fourth-order valence-corrected chi connectivity index (χ4v) is 3.52. The van der Waals surface area contributed by atoms with Crippen LogP contribution in [0.25, 0.3) is 27.8 Å². The Bertz CT molecular complexity index is 1280. The number of aromatic nitrogens is 4. The molecular formula is C22H21F2N5O3. The largest absolute Gasteiger partial charge is 0.496 e. The van der Waals surface area contributed by atoms with Gasteiger partial charge in [-0.2, -0.15) is 19.0 Å². The second-order valence-corrected chi connectivity index (χ2v) is 7.00. The molecule has 0 aliphatic carbocycles. The van der Waals surface area contributed by atoms with Gasteiger partial charge in [0.05, 0.1) is 25.0 Å². The van der Waals surface area contributed by atoms with E-state index in [-0.39, 0.29) is 17.1 Å². The molecule has 8 nitrogen and oxygen atoms in total. The quantitative estimate of drug-likeness (QED) is 0.472. The van der Waals surface area contributed by atoms with Gasteiger partial charge in [0.1, 0.15) is 17.1 Å². The third-order valence-corrected chi connectivity index (χ3v) is 4.93. The van der Waals surface area contributed by atoms with E-state index in [9.17, 15) is 13.6 Å². The Balaban J connectivity index is 1.82. The summed E-state index contributed by atoms with van der Waals surface area (Å²) in [6.07, 6.45) is 7.12.